The first kappa shape index (κ1) is 15.1. The number of nitrogens with one attached hydrogen (secondary N) is 2. The van der Waals surface area contributed by atoms with Gasteiger partial charge in [0.25, 0.3) is 0 Å². The monoisotopic (exact) mass is 270 g/mol. The summed E-state index contributed by atoms with van der Waals surface area (Å²) in [4.78, 5) is 0. The number of benzene rings is 1. The molecule has 102 valence electrons. The molecule has 2 N–H and O–H groups in total. The molecule has 0 aliphatic heterocycles. The van der Waals surface area contributed by atoms with Gasteiger partial charge in [0.05, 0.1) is 5.75 Å². The molecule has 1 aromatic carbocycles. The zero-order valence-electron chi connectivity index (χ0n) is 10.9. The van der Waals surface area contributed by atoms with Gasteiger partial charge in [-0.3, -0.25) is 0 Å². The molecule has 0 spiro atoms. The van der Waals surface area contributed by atoms with Crippen LogP contribution in [0, 0.1) is 0 Å². The van der Waals surface area contributed by atoms with E-state index in [0.717, 1.165) is 25.1 Å². The van der Waals surface area contributed by atoms with Crippen molar-refractivity contribution in [3.05, 3.63) is 35.9 Å². The predicted molar refractivity (Wildman–Crippen MR) is 75.1 cm³/mol. The minimum absolute atomic E-state index is 0.189. The zero-order chi connectivity index (χ0) is 13.3. The number of rotatable bonds is 9. The molecule has 5 heteroatoms. The molecule has 1 aromatic rings. The maximum atomic E-state index is 11.6. The van der Waals surface area contributed by atoms with Crippen molar-refractivity contribution >= 4 is 10.0 Å². The number of hydrogen-bond acceptors (Lipinski definition) is 3. The van der Waals surface area contributed by atoms with Crippen LogP contribution in [0.2, 0.25) is 0 Å². The second-order valence-corrected chi connectivity index (χ2v) is 6.08. The molecule has 0 saturated heterocycles. The second-order valence-electron chi connectivity index (χ2n) is 4.16. The molecule has 0 heterocycles. The lowest BCUT2D eigenvalue weighted by atomic mass is 10.2. The van der Waals surface area contributed by atoms with E-state index in [9.17, 15) is 8.42 Å². The third-order valence-corrected chi connectivity index (χ3v) is 4.07. The van der Waals surface area contributed by atoms with E-state index >= 15 is 0 Å². The minimum Gasteiger partial charge on any atom is -0.317 e. The molecule has 0 aromatic heterocycles. The largest absolute Gasteiger partial charge is 0.317 e. The summed E-state index contributed by atoms with van der Waals surface area (Å²) in [5.74, 6) is 0.189. The van der Waals surface area contributed by atoms with Gasteiger partial charge in [-0.1, -0.05) is 37.3 Å². The van der Waals surface area contributed by atoms with Gasteiger partial charge in [0.2, 0.25) is 10.0 Å². The van der Waals surface area contributed by atoms with Crippen molar-refractivity contribution in [1.29, 1.82) is 0 Å². The Kier molecular flexibility index (Phi) is 6.93. The number of sulfonamides is 1. The highest BCUT2D eigenvalue weighted by Gasteiger charge is 2.08. The van der Waals surface area contributed by atoms with Crippen LogP contribution in [0.1, 0.15) is 18.9 Å². The average molecular weight is 270 g/mol. The molecule has 1 rings (SSSR count). The predicted octanol–water partition coefficient (Wildman–Crippen LogP) is 1.15. The van der Waals surface area contributed by atoms with Gasteiger partial charge in [-0.2, -0.15) is 0 Å². The molecule has 0 aliphatic carbocycles. The van der Waals surface area contributed by atoms with Gasteiger partial charge in [-0.05, 0) is 31.5 Å². The highest BCUT2D eigenvalue weighted by molar-refractivity contribution is 7.89. The van der Waals surface area contributed by atoms with E-state index in [-0.39, 0.29) is 5.75 Å². The first-order chi connectivity index (χ1) is 8.64. The molecule has 0 aliphatic rings. The van der Waals surface area contributed by atoms with E-state index in [1.54, 1.807) is 0 Å². The van der Waals surface area contributed by atoms with E-state index in [2.05, 4.69) is 10.0 Å². The van der Waals surface area contributed by atoms with Crippen LogP contribution in [0.15, 0.2) is 30.3 Å². The van der Waals surface area contributed by atoms with Crippen LogP contribution in [0.25, 0.3) is 0 Å². The summed E-state index contributed by atoms with van der Waals surface area (Å²) >= 11 is 0. The summed E-state index contributed by atoms with van der Waals surface area (Å²) in [7, 11) is -3.12. The Hall–Kier alpha value is -0.910. The summed E-state index contributed by atoms with van der Waals surface area (Å²) in [6.07, 6.45) is 1.38. The Morgan fingerprint density at radius 1 is 1.11 bits per heavy atom. The third kappa shape index (κ3) is 6.74. The van der Waals surface area contributed by atoms with Crippen LogP contribution < -0.4 is 10.0 Å². The zero-order valence-corrected chi connectivity index (χ0v) is 11.7. The van der Waals surface area contributed by atoms with E-state index in [1.165, 1.54) is 0 Å². The van der Waals surface area contributed by atoms with Crippen molar-refractivity contribution in [3.8, 4) is 0 Å². The lowest BCUT2D eigenvalue weighted by molar-refractivity contribution is 0.576. The van der Waals surface area contributed by atoms with Crippen molar-refractivity contribution in [3.63, 3.8) is 0 Å². The molecule has 0 fully saturated rings. The quantitative estimate of drug-likeness (QED) is 0.662. The van der Waals surface area contributed by atoms with Crippen LogP contribution in [-0.2, 0) is 16.4 Å². The lowest BCUT2D eigenvalue weighted by Gasteiger charge is -2.07. The van der Waals surface area contributed by atoms with Crippen molar-refractivity contribution in [2.24, 2.45) is 0 Å². The molecular formula is C13H22N2O2S. The number of hydrogen-bond donors (Lipinski definition) is 2. The maximum Gasteiger partial charge on any atom is 0.211 e. The average Bonchev–Trinajstić information content (AvgIpc) is 2.36. The standard InChI is InChI=1S/C13H22N2O2S/c1-2-14-10-6-12-18(16,17)15-11-9-13-7-4-3-5-8-13/h3-5,7-8,14-15H,2,6,9-12H2,1H3. The van der Waals surface area contributed by atoms with Crippen LogP contribution in [-0.4, -0.2) is 33.8 Å². The first-order valence-electron chi connectivity index (χ1n) is 6.36. The molecule has 0 radical (unpaired) electrons. The molecule has 18 heavy (non-hydrogen) atoms. The van der Waals surface area contributed by atoms with Crippen molar-refractivity contribution in [2.75, 3.05) is 25.4 Å². The Morgan fingerprint density at radius 3 is 2.50 bits per heavy atom. The van der Waals surface area contributed by atoms with Crippen LogP contribution in [0.5, 0.6) is 0 Å². The van der Waals surface area contributed by atoms with Crippen LogP contribution in [0.3, 0.4) is 0 Å². The minimum atomic E-state index is -3.12. The first-order valence-corrected chi connectivity index (χ1v) is 8.01. The van der Waals surface area contributed by atoms with Gasteiger partial charge >= 0.3 is 0 Å². The summed E-state index contributed by atoms with van der Waals surface area (Å²) in [6, 6.07) is 9.87. The highest BCUT2D eigenvalue weighted by Crippen LogP contribution is 1.99. The van der Waals surface area contributed by atoms with Crippen molar-refractivity contribution in [1.82, 2.24) is 10.0 Å². The Bertz CT molecular complexity index is 418. The van der Waals surface area contributed by atoms with E-state index in [0.29, 0.717) is 13.0 Å². The van der Waals surface area contributed by atoms with Gasteiger partial charge in [0.1, 0.15) is 0 Å². The molecule has 4 nitrogen and oxygen atoms in total. The SMILES string of the molecule is CCNCCCS(=O)(=O)NCCc1ccccc1. The Labute approximate surface area is 110 Å². The maximum absolute atomic E-state index is 11.6. The van der Waals surface area contributed by atoms with Crippen molar-refractivity contribution < 1.29 is 8.42 Å². The van der Waals surface area contributed by atoms with Gasteiger partial charge in [-0.25, -0.2) is 13.1 Å². The summed E-state index contributed by atoms with van der Waals surface area (Å²) < 4.78 is 25.9. The molecule has 0 amide bonds. The fraction of sp³-hybridized carbons (Fsp3) is 0.538. The second kappa shape index (κ2) is 8.24. The molecule has 0 saturated carbocycles. The topological polar surface area (TPSA) is 58.2 Å². The van der Waals surface area contributed by atoms with E-state index < -0.39 is 10.0 Å². The summed E-state index contributed by atoms with van der Waals surface area (Å²) in [6.45, 7) is 4.09. The Balaban J connectivity index is 2.21. The van der Waals surface area contributed by atoms with Crippen LogP contribution in [0.4, 0.5) is 0 Å². The van der Waals surface area contributed by atoms with Gasteiger partial charge in [0.15, 0.2) is 0 Å². The van der Waals surface area contributed by atoms with Gasteiger partial charge in [-0.15, -0.1) is 0 Å². The normalized spacial score (nSPS) is 11.6. The third-order valence-electron chi connectivity index (χ3n) is 2.60. The van der Waals surface area contributed by atoms with Gasteiger partial charge in [0, 0.05) is 6.54 Å². The fourth-order valence-corrected chi connectivity index (χ4v) is 2.71. The molecule has 0 bridgehead atoms. The molecular weight excluding hydrogens is 248 g/mol. The molecule has 0 unspecified atom stereocenters. The van der Waals surface area contributed by atoms with Gasteiger partial charge < -0.3 is 5.32 Å². The fourth-order valence-electron chi connectivity index (χ4n) is 1.63. The van der Waals surface area contributed by atoms with Crippen LogP contribution >= 0.6 is 0 Å². The summed E-state index contributed by atoms with van der Waals surface area (Å²) in [5, 5.41) is 3.11. The lowest BCUT2D eigenvalue weighted by Crippen LogP contribution is -2.29. The molecule has 0 atom stereocenters. The highest BCUT2D eigenvalue weighted by atomic mass is 32.2. The van der Waals surface area contributed by atoms with E-state index in [4.69, 9.17) is 0 Å². The summed E-state index contributed by atoms with van der Waals surface area (Å²) in [5.41, 5.74) is 1.15. The Morgan fingerprint density at radius 2 is 1.83 bits per heavy atom. The van der Waals surface area contributed by atoms with E-state index in [1.807, 2.05) is 37.3 Å². The van der Waals surface area contributed by atoms with Crippen molar-refractivity contribution in [2.45, 2.75) is 19.8 Å². The smallest absolute Gasteiger partial charge is 0.211 e.